The molecule has 1 saturated carbocycles. The van der Waals surface area contributed by atoms with Gasteiger partial charge in [0.05, 0.1) is 12.1 Å². The minimum Gasteiger partial charge on any atom is -0.390 e. The quantitative estimate of drug-likeness (QED) is 0.893. The summed E-state index contributed by atoms with van der Waals surface area (Å²) in [7, 11) is 0. The van der Waals surface area contributed by atoms with Gasteiger partial charge in [-0.2, -0.15) is 0 Å². The first-order valence-electron chi connectivity index (χ1n) is 9.80. The summed E-state index contributed by atoms with van der Waals surface area (Å²) < 4.78 is 0. The standard InChI is InChI=1S/C23H26N2O/c26-21-14-24(15-21)16-23(18-6-2-1-3-7-18)25-13-20(17-10-11-17)12-19-8-4-5-9-22(19)25/h1-9,13,17,21,23,26H,10-12,14-16H2/t23-/m1/s1. The Labute approximate surface area is 155 Å². The van der Waals surface area contributed by atoms with E-state index in [-0.39, 0.29) is 12.1 Å². The van der Waals surface area contributed by atoms with E-state index in [1.807, 2.05) is 0 Å². The van der Waals surface area contributed by atoms with Crippen molar-refractivity contribution in [1.82, 2.24) is 4.90 Å². The van der Waals surface area contributed by atoms with Crippen molar-refractivity contribution in [2.45, 2.75) is 31.4 Å². The summed E-state index contributed by atoms with van der Waals surface area (Å²) in [4.78, 5) is 4.87. The molecule has 5 rings (SSSR count). The molecule has 1 atom stereocenters. The number of aliphatic hydroxyl groups excluding tert-OH is 1. The minimum atomic E-state index is -0.155. The fraction of sp³-hybridized carbons (Fsp3) is 0.391. The van der Waals surface area contributed by atoms with Crippen LogP contribution in [0.1, 0.15) is 30.0 Å². The number of β-amino-alcohol motifs (C(OH)–C–C–N with tert-alkyl or cyclic N) is 1. The van der Waals surface area contributed by atoms with Crippen molar-refractivity contribution in [3.8, 4) is 0 Å². The van der Waals surface area contributed by atoms with Crippen LogP contribution in [0, 0.1) is 5.92 Å². The van der Waals surface area contributed by atoms with Crippen LogP contribution in [-0.4, -0.2) is 35.7 Å². The lowest BCUT2D eigenvalue weighted by molar-refractivity contribution is -0.00101. The number of nitrogens with zero attached hydrogens (tertiary/aromatic N) is 2. The molecule has 0 aromatic heterocycles. The number of benzene rings is 2. The van der Waals surface area contributed by atoms with Crippen molar-refractivity contribution in [1.29, 1.82) is 0 Å². The van der Waals surface area contributed by atoms with Gasteiger partial charge in [-0.15, -0.1) is 0 Å². The maximum absolute atomic E-state index is 9.73. The number of para-hydroxylation sites is 1. The Morgan fingerprint density at radius 3 is 2.42 bits per heavy atom. The van der Waals surface area contributed by atoms with E-state index < -0.39 is 0 Å². The molecule has 26 heavy (non-hydrogen) atoms. The fourth-order valence-corrected chi connectivity index (χ4v) is 4.35. The maximum Gasteiger partial charge on any atom is 0.0793 e. The number of rotatable bonds is 5. The van der Waals surface area contributed by atoms with Gasteiger partial charge in [-0.25, -0.2) is 0 Å². The second-order valence-corrected chi connectivity index (χ2v) is 7.99. The molecule has 3 heteroatoms. The third-order valence-corrected chi connectivity index (χ3v) is 5.96. The molecule has 0 amide bonds. The number of aliphatic hydroxyl groups is 1. The van der Waals surface area contributed by atoms with Crippen LogP contribution in [0.25, 0.3) is 0 Å². The highest BCUT2D eigenvalue weighted by Crippen LogP contribution is 2.44. The Hall–Kier alpha value is -2.10. The van der Waals surface area contributed by atoms with Gasteiger partial charge < -0.3 is 10.0 Å². The molecule has 2 aromatic carbocycles. The van der Waals surface area contributed by atoms with E-state index >= 15 is 0 Å². The minimum absolute atomic E-state index is 0.155. The van der Waals surface area contributed by atoms with Crippen LogP contribution in [0.3, 0.4) is 0 Å². The first-order valence-corrected chi connectivity index (χ1v) is 9.80. The molecule has 3 nitrogen and oxygen atoms in total. The van der Waals surface area contributed by atoms with Crippen molar-refractivity contribution in [3.05, 3.63) is 77.5 Å². The van der Waals surface area contributed by atoms with E-state index in [0.717, 1.165) is 32.0 Å². The fourth-order valence-electron chi connectivity index (χ4n) is 4.35. The van der Waals surface area contributed by atoms with Gasteiger partial charge in [-0.3, -0.25) is 4.90 Å². The second-order valence-electron chi connectivity index (χ2n) is 7.99. The maximum atomic E-state index is 9.73. The Morgan fingerprint density at radius 2 is 1.69 bits per heavy atom. The van der Waals surface area contributed by atoms with E-state index in [1.54, 1.807) is 5.57 Å². The Balaban J connectivity index is 1.53. The van der Waals surface area contributed by atoms with Gasteiger partial charge in [-0.05, 0) is 47.9 Å². The third kappa shape index (κ3) is 3.06. The summed E-state index contributed by atoms with van der Waals surface area (Å²) in [5.41, 5.74) is 5.72. The Bertz CT molecular complexity index is 806. The normalized spacial score (nSPS) is 21.7. The molecule has 0 radical (unpaired) electrons. The highest BCUT2D eigenvalue weighted by molar-refractivity contribution is 5.62. The van der Waals surface area contributed by atoms with Crippen LogP contribution >= 0.6 is 0 Å². The van der Waals surface area contributed by atoms with E-state index in [4.69, 9.17) is 0 Å². The summed E-state index contributed by atoms with van der Waals surface area (Å²) in [6.45, 7) is 2.53. The molecule has 2 aromatic rings. The average molecular weight is 346 g/mol. The zero-order chi connectivity index (χ0) is 17.5. The number of allylic oxidation sites excluding steroid dienone is 1. The van der Waals surface area contributed by atoms with E-state index in [9.17, 15) is 5.11 Å². The second kappa shape index (κ2) is 6.57. The summed E-state index contributed by atoms with van der Waals surface area (Å²) >= 11 is 0. The van der Waals surface area contributed by atoms with Gasteiger partial charge in [0.1, 0.15) is 0 Å². The van der Waals surface area contributed by atoms with Gasteiger partial charge in [-0.1, -0.05) is 48.5 Å². The summed E-state index contributed by atoms with van der Waals surface area (Å²) in [6, 6.07) is 20.0. The monoisotopic (exact) mass is 346 g/mol. The lowest BCUT2D eigenvalue weighted by Crippen LogP contribution is -2.53. The van der Waals surface area contributed by atoms with Gasteiger partial charge >= 0.3 is 0 Å². The summed E-state index contributed by atoms with van der Waals surface area (Å²) in [5.74, 6) is 0.785. The highest BCUT2D eigenvalue weighted by atomic mass is 16.3. The van der Waals surface area contributed by atoms with Crippen molar-refractivity contribution in [3.63, 3.8) is 0 Å². The van der Waals surface area contributed by atoms with Crippen LogP contribution in [0.5, 0.6) is 0 Å². The molecular weight excluding hydrogens is 320 g/mol. The summed E-state index contributed by atoms with van der Waals surface area (Å²) in [6.07, 6.45) is 6.07. The highest BCUT2D eigenvalue weighted by Gasteiger charge is 2.34. The molecule has 1 N–H and O–H groups in total. The van der Waals surface area contributed by atoms with Crippen molar-refractivity contribution in [2.75, 3.05) is 24.5 Å². The Kier molecular flexibility index (Phi) is 4.07. The Morgan fingerprint density at radius 1 is 0.962 bits per heavy atom. The van der Waals surface area contributed by atoms with Gasteiger partial charge in [0.25, 0.3) is 0 Å². The molecule has 1 saturated heterocycles. The lowest BCUT2D eigenvalue weighted by Gasteiger charge is -2.43. The molecule has 0 bridgehead atoms. The molecule has 134 valence electrons. The number of hydrogen-bond donors (Lipinski definition) is 1. The van der Waals surface area contributed by atoms with E-state index in [0.29, 0.717) is 0 Å². The number of anilines is 1. The number of likely N-dealkylation sites (tertiary alicyclic amines) is 1. The smallest absolute Gasteiger partial charge is 0.0793 e. The van der Waals surface area contributed by atoms with E-state index in [1.165, 1.54) is 29.7 Å². The first-order chi connectivity index (χ1) is 12.8. The molecule has 2 heterocycles. The van der Waals surface area contributed by atoms with Crippen LogP contribution in [0.2, 0.25) is 0 Å². The van der Waals surface area contributed by atoms with Crippen molar-refractivity contribution < 1.29 is 5.11 Å². The molecule has 2 aliphatic heterocycles. The average Bonchev–Trinajstić information content (AvgIpc) is 3.49. The lowest BCUT2D eigenvalue weighted by atomic mass is 9.93. The number of hydrogen-bond acceptors (Lipinski definition) is 3. The zero-order valence-electron chi connectivity index (χ0n) is 15.1. The molecule has 2 fully saturated rings. The summed E-state index contributed by atoms with van der Waals surface area (Å²) in [5, 5.41) is 9.73. The predicted octanol–water partition coefficient (Wildman–Crippen LogP) is 3.76. The van der Waals surface area contributed by atoms with Gasteiger partial charge in [0.2, 0.25) is 0 Å². The molecule has 0 unspecified atom stereocenters. The van der Waals surface area contributed by atoms with Crippen LogP contribution in [0.4, 0.5) is 5.69 Å². The van der Waals surface area contributed by atoms with Crippen LogP contribution in [-0.2, 0) is 6.42 Å². The first kappa shape index (κ1) is 16.1. The molecular formula is C23H26N2O. The van der Waals surface area contributed by atoms with Gasteiger partial charge in [0, 0.05) is 31.5 Å². The topological polar surface area (TPSA) is 26.7 Å². The van der Waals surface area contributed by atoms with E-state index in [2.05, 4.69) is 70.6 Å². The largest absolute Gasteiger partial charge is 0.390 e. The molecule has 0 spiro atoms. The SMILES string of the molecule is OC1CN(C[C@H](c2ccccc2)N2C=C(C3CC3)Cc3ccccc32)C1. The van der Waals surface area contributed by atoms with Crippen molar-refractivity contribution >= 4 is 5.69 Å². The third-order valence-electron chi connectivity index (χ3n) is 5.96. The van der Waals surface area contributed by atoms with Gasteiger partial charge in [0.15, 0.2) is 0 Å². The molecule has 3 aliphatic rings. The van der Waals surface area contributed by atoms with Crippen LogP contribution in [0.15, 0.2) is 66.4 Å². The molecule has 1 aliphatic carbocycles. The van der Waals surface area contributed by atoms with Crippen molar-refractivity contribution in [2.24, 2.45) is 5.92 Å². The zero-order valence-corrected chi connectivity index (χ0v) is 15.1. The van der Waals surface area contributed by atoms with Crippen LogP contribution < -0.4 is 4.90 Å². The predicted molar refractivity (Wildman–Crippen MR) is 105 cm³/mol. The number of fused-ring (bicyclic) bond motifs is 1.